The molecule has 0 N–H and O–H groups in total. The van der Waals surface area contributed by atoms with E-state index in [0.29, 0.717) is 48.1 Å². The van der Waals surface area contributed by atoms with E-state index in [-0.39, 0.29) is 12.5 Å². The molecule has 0 aliphatic carbocycles. The number of ether oxygens (including phenoxy) is 4. The fourth-order valence-corrected chi connectivity index (χ4v) is 3.25. The van der Waals surface area contributed by atoms with Crippen LogP contribution in [0.2, 0.25) is 0 Å². The van der Waals surface area contributed by atoms with E-state index in [1.165, 1.54) is 0 Å². The maximum Gasteiger partial charge on any atom is 0.253 e. The molecule has 1 amide bonds. The Morgan fingerprint density at radius 1 is 1.10 bits per heavy atom. The fraction of sp³-hybridized carbons (Fsp3) is 0.348. The highest BCUT2D eigenvalue weighted by molar-refractivity contribution is 5.99. The van der Waals surface area contributed by atoms with Crippen LogP contribution in [0.25, 0.3) is 6.08 Å². The first-order valence-electron chi connectivity index (χ1n) is 9.63. The lowest BCUT2D eigenvalue weighted by Crippen LogP contribution is -2.32. The second kappa shape index (κ2) is 9.37. The molecule has 0 spiro atoms. The van der Waals surface area contributed by atoms with Gasteiger partial charge in [-0.1, -0.05) is 18.2 Å². The minimum Gasteiger partial charge on any atom is -0.493 e. The van der Waals surface area contributed by atoms with E-state index in [4.69, 9.17) is 18.9 Å². The second-order valence-corrected chi connectivity index (χ2v) is 6.73. The van der Waals surface area contributed by atoms with Gasteiger partial charge in [-0.15, -0.1) is 0 Å². The summed E-state index contributed by atoms with van der Waals surface area (Å²) >= 11 is 0. The molecule has 1 heterocycles. The van der Waals surface area contributed by atoms with Gasteiger partial charge in [0.1, 0.15) is 6.61 Å². The summed E-state index contributed by atoms with van der Waals surface area (Å²) in [6.45, 7) is 3.31. The lowest BCUT2D eigenvalue weighted by Gasteiger charge is -2.23. The molecule has 2 aromatic carbocycles. The van der Waals surface area contributed by atoms with Crippen LogP contribution >= 0.6 is 0 Å². The topological polar surface area (TPSA) is 57.2 Å². The predicted octanol–water partition coefficient (Wildman–Crippen LogP) is 3.58. The van der Waals surface area contributed by atoms with Gasteiger partial charge in [-0.3, -0.25) is 4.79 Å². The van der Waals surface area contributed by atoms with Crippen LogP contribution in [0.5, 0.6) is 23.0 Å². The smallest absolute Gasteiger partial charge is 0.253 e. The molecule has 0 saturated carbocycles. The molecule has 0 fully saturated rings. The summed E-state index contributed by atoms with van der Waals surface area (Å²) < 4.78 is 22.1. The summed E-state index contributed by atoms with van der Waals surface area (Å²) in [5.74, 6) is 2.73. The van der Waals surface area contributed by atoms with Crippen LogP contribution in [0.1, 0.15) is 18.1 Å². The molecule has 6 heteroatoms. The third-order valence-electron chi connectivity index (χ3n) is 4.82. The van der Waals surface area contributed by atoms with Crippen LogP contribution in [0.15, 0.2) is 42.0 Å². The maximum absolute atomic E-state index is 12.9. The summed E-state index contributed by atoms with van der Waals surface area (Å²) in [4.78, 5) is 14.6. The fourth-order valence-electron chi connectivity index (χ4n) is 3.25. The van der Waals surface area contributed by atoms with Crippen molar-refractivity contribution < 1.29 is 23.7 Å². The first-order valence-corrected chi connectivity index (χ1v) is 9.63. The Bertz CT molecular complexity index is 906. The van der Waals surface area contributed by atoms with Crippen molar-refractivity contribution >= 4 is 12.0 Å². The van der Waals surface area contributed by atoms with Gasteiger partial charge in [0.2, 0.25) is 0 Å². The number of amides is 1. The summed E-state index contributed by atoms with van der Waals surface area (Å²) in [7, 11) is 5.02. The Balaban J connectivity index is 1.67. The zero-order valence-corrected chi connectivity index (χ0v) is 17.4. The van der Waals surface area contributed by atoms with E-state index in [0.717, 1.165) is 11.1 Å². The normalized spacial score (nSPS) is 12.3. The average Bonchev–Trinajstić information content (AvgIpc) is 2.76. The maximum atomic E-state index is 12.9. The monoisotopic (exact) mass is 397 g/mol. The van der Waals surface area contributed by atoms with Crippen molar-refractivity contribution in [3.05, 3.63) is 53.1 Å². The van der Waals surface area contributed by atoms with Crippen LogP contribution in [-0.4, -0.2) is 51.8 Å². The van der Waals surface area contributed by atoms with E-state index in [9.17, 15) is 4.79 Å². The Kier molecular flexibility index (Phi) is 6.65. The summed E-state index contributed by atoms with van der Waals surface area (Å²) in [5, 5.41) is 0. The molecule has 0 unspecified atom stereocenters. The van der Waals surface area contributed by atoms with E-state index >= 15 is 0 Å². The van der Waals surface area contributed by atoms with Crippen LogP contribution in [0, 0.1) is 0 Å². The van der Waals surface area contributed by atoms with E-state index in [1.807, 2.05) is 49.4 Å². The van der Waals surface area contributed by atoms with Gasteiger partial charge in [0.25, 0.3) is 5.91 Å². The Labute approximate surface area is 171 Å². The van der Waals surface area contributed by atoms with Crippen molar-refractivity contribution in [3.63, 3.8) is 0 Å². The number of carbonyl (C=O) groups excluding carboxylic acids is 1. The molecule has 0 bridgehead atoms. The Morgan fingerprint density at radius 2 is 1.90 bits per heavy atom. The SMILES string of the molecule is CCOc1cccc2c1OCC(C(=O)N(C)CCc1ccc(OC)c(OC)c1)=C2. The van der Waals surface area contributed by atoms with Crippen LogP contribution < -0.4 is 18.9 Å². The van der Waals surface area contributed by atoms with E-state index in [1.54, 1.807) is 26.2 Å². The number of rotatable bonds is 8. The van der Waals surface area contributed by atoms with Gasteiger partial charge in [0, 0.05) is 19.2 Å². The Hall–Kier alpha value is -3.15. The molecule has 0 atom stereocenters. The lowest BCUT2D eigenvalue weighted by molar-refractivity contribution is -0.126. The molecule has 1 aliphatic heterocycles. The van der Waals surface area contributed by atoms with Crippen LogP contribution in [0.4, 0.5) is 0 Å². The molecule has 0 aromatic heterocycles. The highest BCUT2D eigenvalue weighted by Crippen LogP contribution is 2.36. The average molecular weight is 397 g/mol. The summed E-state index contributed by atoms with van der Waals surface area (Å²) in [6.07, 6.45) is 2.60. The van der Waals surface area contributed by atoms with Gasteiger partial charge >= 0.3 is 0 Å². The number of likely N-dealkylation sites (N-methyl/N-ethyl adjacent to an activating group) is 1. The number of para-hydroxylation sites is 1. The van der Waals surface area contributed by atoms with Gasteiger partial charge in [0.05, 0.1) is 26.4 Å². The minimum atomic E-state index is -0.0436. The largest absolute Gasteiger partial charge is 0.493 e. The van der Waals surface area contributed by atoms with Crippen molar-refractivity contribution in [1.82, 2.24) is 4.90 Å². The first kappa shape index (κ1) is 20.6. The molecular weight excluding hydrogens is 370 g/mol. The number of nitrogens with zero attached hydrogens (tertiary/aromatic N) is 1. The second-order valence-electron chi connectivity index (χ2n) is 6.73. The number of methoxy groups -OCH3 is 2. The highest BCUT2D eigenvalue weighted by Gasteiger charge is 2.22. The van der Waals surface area contributed by atoms with Gasteiger partial charge < -0.3 is 23.8 Å². The molecule has 154 valence electrons. The first-order chi connectivity index (χ1) is 14.1. The van der Waals surface area contributed by atoms with Gasteiger partial charge in [0.15, 0.2) is 23.0 Å². The summed E-state index contributed by atoms with van der Waals surface area (Å²) in [5.41, 5.74) is 2.56. The summed E-state index contributed by atoms with van der Waals surface area (Å²) in [6, 6.07) is 11.5. The zero-order chi connectivity index (χ0) is 20.8. The minimum absolute atomic E-state index is 0.0436. The molecule has 3 rings (SSSR count). The van der Waals surface area contributed by atoms with Gasteiger partial charge in [-0.05, 0) is 43.2 Å². The molecule has 1 aliphatic rings. The van der Waals surface area contributed by atoms with Gasteiger partial charge in [-0.2, -0.15) is 0 Å². The third-order valence-corrected chi connectivity index (χ3v) is 4.82. The number of hydrogen-bond donors (Lipinski definition) is 0. The van der Waals surface area contributed by atoms with Crippen molar-refractivity contribution in [2.75, 3.05) is 41.0 Å². The molecule has 0 saturated heterocycles. The molecule has 29 heavy (non-hydrogen) atoms. The van der Waals surface area contributed by atoms with Crippen LogP contribution in [0.3, 0.4) is 0 Å². The predicted molar refractivity (Wildman–Crippen MR) is 112 cm³/mol. The van der Waals surface area contributed by atoms with Gasteiger partial charge in [-0.25, -0.2) is 0 Å². The molecule has 0 radical (unpaired) electrons. The van der Waals surface area contributed by atoms with Crippen LogP contribution in [-0.2, 0) is 11.2 Å². The standard InChI is InChI=1S/C23H27NO5/c1-5-28-20-8-6-7-17-14-18(15-29-22(17)20)23(25)24(2)12-11-16-9-10-19(26-3)21(13-16)27-4/h6-10,13-14H,5,11-12,15H2,1-4H3. The van der Waals surface area contributed by atoms with Crippen molar-refractivity contribution in [1.29, 1.82) is 0 Å². The van der Waals surface area contributed by atoms with Crippen molar-refractivity contribution in [2.24, 2.45) is 0 Å². The van der Waals surface area contributed by atoms with Crippen molar-refractivity contribution in [3.8, 4) is 23.0 Å². The number of benzene rings is 2. The number of hydrogen-bond acceptors (Lipinski definition) is 5. The molecular formula is C23H27NO5. The van der Waals surface area contributed by atoms with E-state index < -0.39 is 0 Å². The lowest BCUT2D eigenvalue weighted by atomic mass is 10.1. The number of fused-ring (bicyclic) bond motifs is 1. The van der Waals surface area contributed by atoms with E-state index in [2.05, 4.69) is 0 Å². The highest BCUT2D eigenvalue weighted by atomic mass is 16.5. The Morgan fingerprint density at radius 3 is 2.62 bits per heavy atom. The number of carbonyl (C=O) groups is 1. The quantitative estimate of drug-likeness (QED) is 0.682. The zero-order valence-electron chi connectivity index (χ0n) is 17.4. The van der Waals surface area contributed by atoms with Crippen molar-refractivity contribution in [2.45, 2.75) is 13.3 Å². The molecule has 2 aromatic rings. The third kappa shape index (κ3) is 4.65. The molecule has 6 nitrogen and oxygen atoms in total.